The molecule has 4 atom stereocenters. The molecule has 2 bridgehead atoms. The molecule has 7 nitrogen and oxygen atoms in total. The first-order valence-electron chi connectivity index (χ1n) is 10.6. The molecule has 2 heterocycles. The highest BCUT2D eigenvalue weighted by molar-refractivity contribution is 6.06. The van der Waals surface area contributed by atoms with Crippen molar-refractivity contribution in [1.82, 2.24) is 15.5 Å². The number of nitrogens with one attached hydrogen (secondary N) is 2. The van der Waals surface area contributed by atoms with E-state index in [2.05, 4.69) is 41.6 Å². The molecular formula is C22H30N4O3. The highest BCUT2D eigenvalue weighted by Crippen LogP contribution is 2.52. The first-order valence-corrected chi connectivity index (χ1v) is 10.6. The molecule has 4 unspecified atom stereocenters. The monoisotopic (exact) mass is 398 g/mol. The number of carbonyl (C=O) groups excluding carboxylic acids is 2. The molecule has 156 valence electrons. The van der Waals surface area contributed by atoms with E-state index in [9.17, 15) is 9.59 Å². The number of allylic oxidation sites excluding steroid dienone is 2. The van der Waals surface area contributed by atoms with E-state index in [0.29, 0.717) is 38.1 Å². The topological polar surface area (TPSA) is 86.9 Å². The van der Waals surface area contributed by atoms with Gasteiger partial charge in [0.2, 0.25) is 11.8 Å². The molecule has 3 aliphatic rings. The summed E-state index contributed by atoms with van der Waals surface area (Å²) in [7, 11) is 0. The number of likely N-dealkylation sites (tertiary alicyclic amines) is 1. The van der Waals surface area contributed by atoms with Crippen LogP contribution < -0.4 is 10.6 Å². The van der Waals surface area contributed by atoms with Gasteiger partial charge in [0.15, 0.2) is 5.96 Å². The van der Waals surface area contributed by atoms with Crippen LogP contribution in [0.1, 0.15) is 26.0 Å². The molecule has 1 saturated heterocycles. The van der Waals surface area contributed by atoms with Crippen LogP contribution in [0.15, 0.2) is 40.0 Å². The lowest BCUT2D eigenvalue weighted by Gasteiger charge is -2.19. The fraction of sp³-hybridized carbons (Fsp3) is 0.591. The SMILES string of the molecule is CC(C)CN=C(NCCc1ccco1)NCCN1C(=O)C2C3C=CC(C3)C2C1=O. The van der Waals surface area contributed by atoms with Crippen LogP contribution in [-0.4, -0.2) is 48.9 Å². The smallest absolute Gasteiger partial charge is 0.233 e. The second kappa shape index (κ2) is 8.43. The van der Waals surface area contributed by atoms with Crippen LogP contribution in [-0.2, 0) is 16.0 Å². The lowest BCUT2D eigenvalue weighted by Crippen LogP contribution is -2.44. The molecule has 1 aliphatic heterocycles. The summed E-state index contributed by atoms with van der Waals surface area (Å²) in [6, 6.07) is 3.83. The summed E-state index contributed by atoms with van der Waals surface area (Å²) in [5.41, 5.74) is 0. The fourth-order valence-corrected chi connectivity index (χ4v) is 4.68. The minimum atomic E-state index is -0.127. The van der Waals surface area contributed by atoms with Crippen molar-refractivity contribution in [2.75, 3.05) is 26.2 Å². The van der Waals surface area contributed by atoms with Crippen LogP contribution >= 0.6 is 0 Å². The Morgan fingerprint density at radius 2 is 1.86 bits per heavy atom. The fourth-order valence-electron chi connectivity index (χ4n) is 4.68. The molecule has 0 radical (unpaired) electrons. The quantitative estimate of drug-likeness (QED) is 0.302. The molecule has 0 spiro atoms. The Labute approximate surface area is 171 Å². The maximum Gasteiger partial charge on any atom is 0.233 e. The van der Waals surface area contributed by atoms with E-state index in [1.54, 1.807) is 6.26 Å². The van der Waals surface area contributed by atoms with Crippen molar-refractivity contribution in [2.45, 2.75) is 26.7 Å². The number of fused-ring (bicyclic) bond motifs is 5. The van der Waals surface area contributed by atoms with E-state index in [1.807, 2.05) is 12.1 Å². The van der Waals surface area contributed by atoms with Gasteiger partial charge in [-0.2, -0.15) is 0 Å². The van der Waals surface area contributed by atoms with Crippen molar-refractivity contribution in [3.05, 3.63) is 36.3 Å². The van der Waals surface area contributed by atoms with Gasteiger partial charge in [-0.25, -0.2) is 0 Å². The number of carbonyl (C=O) groups is 2. The van der Waals surface area contributed by atoms with Crippen molar-refractivity contribution >= 4 is 17.8 Å². The van der Waals surface area contributed by atoms with E-state index in [4.69, 9.17) is 4.42 Å². The summed E-state index contributed by atoms with van der Waals surface area (Å²) in [6.45, 7) is 6.50. The van der Waals surface area contributed by atoms with Crippen LogP contribution in [0, 0.1) is 29.6 Å². The van der Waals surface area contributed by atoms with Crippen molar-refractivity contribution in [3.63, 3.8) is 0 Å². The molecule has 29 heavy (non-hydrogen) atoms. The van der Waals surface area contributed by atoms with Crippen LogP contribution in [0.5, 0.6) is 0 Å². The lowest BCUT2D eigenvalue weighted by molar-refractivity contribution is -0.140. The number of hydrogen-bond donors (Lipinski definition) is 2. The average molecular weight is 399 g/mol. The van der Waals surface area contributed by atoms with E-state index in [1.165, 1.54) is 4.90 Å². The maximum absolute atomic E-state index is 12.8. The summed E-state index contributed by atoms with van der Waals surface area (Å²) >= 11 is 0. The number of rotatable bonds is 8. The number of furan rings is 1. The summed E-state index contributed by atoms with van der Waals surface area (Å²) in [6.07, 6.45) is 7.64. The van der Waals surface area contributed by atoms with Gasteiger partial charge in [-0.05, 0) is 36.3 Å². The number of imide groups is 1. The van der Waals surface area contributed by atoms with Gasteiger partial charge >= 0.3 is 0 Å². The molecule has 2 fully saturated rings. The Kier molecular flexibility index (Phi) is 5.74. The number of nitrogens with zero attached hydrogens (tertiary/aromatic N) is 2. The minimum Gasteiger partial charge on any atom is -0.469 e. The molecule has 1 aromatic rings. The normalized spacial score (nSPS) is 28.0. The molecule has 4 rings (SSSR count). The summed E-state index contributed by atoms with van der Waals surface area (Å²) in [5.74, 6) is 2.33. The van der Waals surface area contributed by atoms with Gasteiger partial charge < -0.3 is 15.1 Å². The predicted molar refractivity (Wildman–Crippen MR) is 110 cm³/mol. The Bertz CT molecular complexity index is 769. The van der Waals surface area contributed by atoms with E-state index in [-0.39, 0.29) is 35.5 Å². The van der Waals surface area contributed by atoms with Crippen molar-refractivity contribution in [1.29, 1.82) is 0 Å². The molecule has 2 N–H and O–H groups in total. The first-order chi connectivity index (χ1) is 14.0. The van der Waals surface area contributed by atoms with Gasteiger partial charge in [-0.15, -0.1) is 0 Å². The Hall–Kier alpha value is -2.57. The third-order valence-electron chi connectivity index (χ3n) is 6.05. The van der Waals surface area contributed by atoms with Crippen molar-refractivity contribution in [3.8, 4) is 0 Å². The second-order valence-electron chi connectivity index (χ2n) is 8.59. The van der Waals surface area contributed by atoms with E-state index in [0.717, 1.165) is 18.6 Å². The standard InChI is InChI=1S/C22H30N4O3/c1-14(2)13-25-22(23-8-7-17-4-3-11-29-17)24-9-10-26-20(27)18-15-5-6-16(12-15)19(18)21(26)28/h3-6,11,14-16,18-19H,7-10,12-13H2,1-2H3,(H2,23,24,25). The van der Waals surface area contributed by atoms with Crippen molar-refractivity contribution in [2.24, 2.45) is 34.6 Å². The zero-order valence-corrected chi connectivity index (χ0v) is 17.1. The van der Waals surface area contributed by atoms with Crippen LogP contribution in [0.2, 0.25) is 0 Å². The summed E-state index contributed by atoms with van der Waals surface area (Å²) in [4.78, 5) is 31.6. The van der Waals surface area contributed by atoms with Crippen LogP contribution in [0.25, 0.3) is 0 Å². The molecule has 2 amide bonds. The van der Waals surface area contributed by atoms with Crippen LogP contribution in [0.3, 0.4) is 0 Å². The highest BCUT2D eigenvalue weighted by Gasteiger charge is 2.58. The Morgan fingerprint density at radius 1 is 1.17 bits per heavy atom. The first kappa shape index (κ1) is 19.7. The number of guanidine groups is 1. The average Bonchev–Trinajstić information content (AvgIpc) is 3.47. The maximum atomic E-state index is 12.8. The molecule has 0 aromatic carbocycles. The molecule has 1 saturated carbocycles. The zero-order chi connectivity index (χ0) is 20.4. The van der Waals surface area contributed by atoms with Gasteiger partial charge in [0.05, 0.1) is 18.1 Å². The summed E-state index contributed by atoms with van der Waals surface area (Å²) in [5, 5.41) is 6.58. The van der Waals surface area contributed by atoms with E-state index >= 15 is 0 Å². The zero-order valence-electron chi connectivity index (χ0n) is 17.1. The van der Waals surface area contributed by atoms with Gasteiger partial charge in [0, 0.05) is 32.6 Å². The number of amides is 2. The van der Waals surface area contributed by atoms with Crippen LogP contribution in [0.4, 0.5) is 0 Å². The minimum absolute atomic E-state index is 0.00472. The second-order valence-corrected chi connectivity index (χ2v) is 8.59. The Balaban J connectivity index is 1.29. The highest BCUT2D eigenvalue weighted by atomic mass is 16.3. The van der Waals surface area contributed by atoms with Gasteiger partial charge in [0.25, 0.3) is 0 Å². The van der Waals surface area contributed by atoms with E-state index < -0.39 is 0 Å². The largest absolute Gasteiger partial charge is 0.469 e. The van der Waals surface area contributed by atoms with Gasteiger partial charge in [-0.3, -0.25) is 19.5 Å². The van der Waals surface area contributed by atoms with Gasteiger partial charge in [0.1, 0.15) is 5.76 Å². The lowest BCUT2D eigenvalue weighted by atomic mass is 9.85. The van der Waals surface area contributed by atoms with Gasteiger partial charge in [-0.1, -0.05) is 26.0 Å². The Morgan fingerprint density at radius 3 is 2.48 bits per heavy atom. The summed E-state index contributed by atoms with van der Waals surface area (Å²) < 4.78 is 5.36. The predicted octanol–water partition coefficient (Wildman–Crippen LogP) is 1.82. The molecule has 1 aromatic heterocycles. The molecule has 7 heteroatoms. The molecular weight excluding hydrogens is 368 g/mol. The third kappa shape index (κ3) is 4.09. The number of hydrogen-bond acceptors (Lipinski definition) is 4. The van der Waals surface area contributed by atoms with Crippen molar-refractivity contribution < 1.29 is 14.0 Å². The molecule has 2 aliphatic carbocycles. The number of aliphatic imine (C=N–C) groups is 1. The third-order valence-corrected chi connectivity index (χ3v) is 6.05.